The van der Waals surface area contributed by atoms with E-state index in [2.05, 4.69) is 44.0 Å². The number of amides is 1. The fourth-order valence-electron chi connectivity index (χ4n) is 3.88. The van der Waals surface area contributed by atoms with Gasteiger partial charge in [0.25, 0.3) is 0 Å². The predicted molar refractivity (Wildman–Crippen MR) is 101 cm³/mol. The zero-order valence-electron chi connectivity index (χ0n) is 15.2. The van der Waals surface area contributed by atoms with Crippen LogP contribution in [0.4, 0.5) is 5.82 Å². The van der Waals surface area contributed by atoms with Crippen LogP contribution < -0.4 is 4.90 Å². The molecule has 1 saturated heterocycles. The molecule has 6 nitrogen and oxygen atoms in total. The molecule has 1 aromatic carbocycles. The van der Waals surface area contributed by atoms with Gasteiger partial charge < -0.3 is 9.80 Å². The van der Waals surface area contributed by atoms with Crippen LogP contribution in [0.3, 0.4) is 0 Å². The van der Waals surface area contributed by atoms with Crippen LogP contribution in [-0.2, 0) is 17.8 Å². The third-order valence-corrected chi connectivity index (χ3v) is 5.53. The van der Waals surface area contributed by atoms with Crippen molar-refractivity contribution < 1.29 is 4.79 Å². The lowest BCUT2D eigenvalue weighted by atomic mass is 9.98. The molecular weight excluding hydrogens is 326 g/mol. The standard InChI is InChI=1S/C20H25N5O/c1-16(25-9-6-17-4-2-3-5-18(17)15-25)20(26)24-12-10-23(11-13-24)19-14-21-7-8-22-19/h2-5,7-8,14,16H,6,9-13,15H2,1H3/t16-/m0/s1. The topological polar surface area (TPSA) is 52.6 Å². The highest BCUT2D eigenvalue weighted by atomic mass is 16.2. The first-order valence-corrected chi connectivity index (χ1v) is 9.33. The van der Waals surface area contributed by atoms with Crippen molar-refractivity contribution in [1.29, 1.82) is 0 Å². The molecule has 1 atom stereocenters. The highest BCUT2D eigenvalue weighted by molar-refractivity contribution is 5.81. The van der Waals surface area contributed by atoms with Crippen LogP contribution in [0.2, 0.25) is 0 Å². The van der Waals surface area contributed by atoms with E-state index in [0.29, 0.717) is 0 Å². The normalized spacial score (nSPS) is 19.1. The average Bonchev–Trinajstić information content (AvgIpc) is 2.73. The number of nitrogens with zero attached hydrogens (tertiary/aromatic N) is 5. The minimum Gasteiger partial charge on any atom is -0.352 e. The fourth-order valence-corrected chi connectivity index (χ4v) is 3.88. The van der Waals surface area contributed by atoms with E-state index >= 15 is 0 Å². The van der Waals surface area contributed by atoms with Crippen LogP contribution in [-0.4, -0.2) is 64.4 Å². The van der Waals surface area contributed by atoms with Crippen LogP contribution in [0.5, 0.6) is 0 Å². The lowest BCUT2D eigenvalue weighted by Crippen LogP contribution is -2.55. The molecule has 26 heavy (non-hydrogen) atoms. The number of rotatable bonds is 3. The van der Waals surface area contributed by atoms with Crippen LogP contribution >= 0.6 is 0 Å². The smallest absolute Gasteiger partial charge is 0.239 e. The number of anilines is 1. The summed E-state index contributed by atoms with van der Waals surface area (Å²) in [5.74, 6) is 1.13. The molecule has 0 N–H and O–H groups in total. The molecule has 2 aliphatic rings. The van der Waals surface area contributed by atoms with Crippen LogP contribution in [0.1, 0.15) is 18.1 Å². The van der Waals surface area contributed by atoms with Gasteiger partial charge in [-0.3, -0.25) is 14.7 Å². The first-order valence-electron chi connectivity index (χ1n) is 9.33. The zero-order chi connectivity index (χ0) is 17.9. The molecule has 3 heterocycles. The summed E-state index contributed by atoms with van der Waals surface area (Å²) in [6.45, 7) is 6.95. The van der Waals surface area contributed by atoms with Gasteiger partial charge in [-0.1, -0.05) is 24.3 Å². The molecule has 1 aromatic heterocycles. The Morgan fingerprint density at radius 3 is 2.54 bits per heavy atom. The van der Waals surface area contributed by atoms with Gasteiger partial charge in [-0.25, -0.2) is 4.98 Å². The number of aromatic nitrogens is 2. The van der Waals surface area contributed by atoms with Gasteiger partial charge >= 0.3 is 0 Å². The molecular formula is C20H25N5O. The van der Waals surface area contributed by atoms with Gasteiger partial charge in [0.2, 0.25) is 5.91 Å². The number of fused-ring (bicyclic) bond motifs is 1. The zero-order valence-corrected chi connectivity index (χ0v) is 15.2. The molecule has 2 aliphatic heterocycles. The van der Waals surface area contributed by atoms with Crippen molar-refractivity contribution in [2.75, 3.05) is 37.6 Å². The van der Waals surface area contributed by atoms with E-state index in [-0.39, 0.29) is 11.9 Å². The number of carbonyl (C=O) groups is 1. The second kappa shape index (κ2) is 7.41. The quantitative estimate of drug-likeness (QED) is 0.840. The Morgan fingerprint density at radius 1 is 1.04 bits per heavy atom. The summed E-state index contributed by atoms with van der Waals surface area (Å²) in [5.41, 5.74) is 2.77. The van der Waals surface area contributed by atoms with Gasteiger partial charge in [0.05, 0.1) is 12.2 Å². The Labute approximate surface area is 154 Å². The number of carbonyl (C=O) groups excluding carboxylic acids is 1. The predicted octanol–water partition coefficient (Wildman–Crippen LogP) is 1.57. The highest BCUT2D eigenvalue weighted by Gasteiger charge is 2.30. The van der Waals surface area contributed by atoms with Gasteiger partial charge in [0.15, 0.2) is 0 Å². The molecule has 6 heteroatoms. The Balaban J connectivity index is 1.35. The summed E-state index contributed by atoms with van der Waals surface area (Å²) in [7, 11) is 0. The summed E-state index contributed by atoms with van der Waals surface area (Å²) in [4.78, 5) is 28.0. The van der Waals surface area contributed by atoms with Gasteiger partial charge in [0, 0.05) is 51.7 Å². The second-order valence-corrected chi connectivity index (χ2v) is 7.04. The Bertz CT molecular complexity index is 758. The van der Waals surface area contributed by atoms with E-state index in [4.69, 9.17) is 0 Å². The first kappa shape index (κ1) is 17.0. The van der Waals surface area contributed by atoms with E-state index in [1.54, 1.807) is 18.6 Å². The number of hydrogen-bond donors (Lipinski definition) is 0. The molecule has 0 aliphatic carbocycles. The van der Waals surface area contributed by atoms with E-state index < -0.39 is 0 Å². The maximum atomic E-state index is 13.0. The molecule has 0 spiro atoms. The molecule has 2 aromatic rings. The van der Waals surface area contributed by atoms with Gasteiger partial charge in [0.1, 0.15) is 5.82 Å². The van der Waals surface area contributed by atoms with Crippen molar-refractivity contribution in [3.05, 3.63) is 54.0 Å². The number of piperazine rings is 1. The number of benzene rings is 1. The van der Waals surface area contributed by atoms with Crippen molar-refractivity contribution >= 4 is 11.7 Å². The molecule has 1 amide bonds. The molecule has 0 bridgehead atoms. The van der Waals surface area contributed by atoms with Crippen molar-refractivity contribution in [2.45, 2.75) is 25.9 Å². The molecule has 0 unspecified atom stereocenters. The molecule has 0 radical (unpaired) electrons. The van der Waals surface area contributed by atoms with E-state index in [9.17, 15) is 4.79 Å². The average molecular weight is 351 g/mol. The summed E-state index contributed by atoms with van der Waals surface area (Å²) < 4.78 is 0. The summed E-state index contributed by atoms with van der Waals surface area (Å²) in [5, 5.41) is 0. The van der Waals surface area contributed by atoms with Crippen molar-refractivity contribution in [3.63, 3.8) is 0 Å². The maximum absolute atomic E-state index is 13.0. The Morgan fingerprint density at radius 2 is 1.81 bits per heavy atom. The minimum absolute atomic E-state index is 0.0774. The van der Waals surface area contributed by atoms with Gasteiger partial charge in [-0.05, 0) is 24.5 Å². The monoisotopic (exact) mass is 351 g/mol. The number of hydrogen-bond acceptors (Lipinski definition) is 5. The third-order valence-electron chi connectivity index (χ3n) is 5.53. The second-order valence-electron chi connectivity index (χ2n) is 7.04. The molecule has 0 saturated carbocycles. The van der Waals surface area contributed by atoms with Crippen LogP contribution in [0.15, 0.2) is 42.9 Å². The fraction of sp³-hybridized carbons (Fsp3) is 0.450. The minimum atomic E-state index is -0.0774. The first-order chi connectivity index (χ1) is 12.7. The largest absolute Gasteiger partial charge is 0.352 e. The summed E-state index contributed by atoms with van der Waals surface area (Å²) >= 11 is 0. The van der Waals surface area contributed by atoms with Crippen LogP contribution in [0, 0.1) is 0 Å². The van der Waals surface area contributed by atoms with E-state index in [1.807, 2.05) is 11.8 Å². The highest BCUT2D eigenvalue weighted by Crippen LogP contribution is 2.21. The third kappa shape index (κ3) is 3.42. The van der Waals surface area contributed by atoms with Gasteiger partial charge in [-0.2, -0.15) is 0 Å². The lowest BCUT2D eigenvalue weighted by molar-refractivity contribution is -0.137. The maximum Gasteiger partial charge on any atom is 0.239 e. The van der Waals surface area contributed by atoms with Crippen molar-refractivity contribution in [1.82, 2.24) is 19.8 Å². The SMILES string of the molecule is C[C@@H](C(=O)N1CCN(c2cnccn2)CC1)N1CCc2ccccc2C1. The van der Waals surface area contributed by atoms with E-state index in [1.165, 1.54) is 11.1 Å². The summed E-state index contributed by atoms with van der Waals surface area (Å²) in [6.07, 6.45) is 6.20. The van der Waals surface area contributed by atoms with Gasteiger partial charge in [-0.15, -0.1) is 0 Å². The molecule has 136 valence electrons. The Hall–Kier alpha value is -2.47. The summed E-state index contributed by atoms with van der Waals surface area (Å²) in [6, 6.07) is 8.48. The molecule has 4 rings (SSSR count). The van der Waals surface area contributed by atoms with Crippen molar-refractivity contribution in [3.8, 4) is 0 Å². The lowest BCUT2D eigenvalue weighted by Gasteiger charge is -2.39. The Kier molecular flexibility index (Phi) is 4.84. The molecule has 1 fully saturated rings. The van der Waals surface area contributed by atoms with Crippen molar-refractivity contribution in [2.24, 2.45) is 0 Å². The van der Waals surface area contributed by atoms with Crippen LogP contribution in [0.25, 0.3) is 0 Å². The van der Waals surface area contributed by atoms with E-state index in [0.717, 1.165) is 51.5 Å².